The van der Waals surface area contributed by atoms with Crippen LogP contribution in [0.5, 0.6) is 0 Å². The lowest BCUT2D eigenvalue weighted by Gasteiger charge is -2.07. The number of carbonyl (C=O) groups excluding carboxylic acids is 2. The van der Waals surface area contributed by atoms with Crippen molar-refractivity contribution in [1.82, 2.24) is 0 Å². The Morgan fingerprint density at radius 1 is 1.12 bits per heavy atom. The van der Waals surface area contributed by atoms with E-state index in [1.807, 2.05) is 0 Å². The summed E-state index contributed by atoms with van der Waals surface area (Å²) in [5, 5.41) is 13.5. The molecule has 0 spiro atoms. The first-order valence-electron chi connectivity index (χ1n) is 7.20. The van der Waals surface area contributed by atoms with Crippen molar-refractivity contribution in [1.29, 1.82) is 0 Å². The van der Waals surface area contributed by atoms with E-state index in [0.29, 0.717) is 11.3 Å². The van der Waals surface area contributed by atoms with Gasteiger partial charge in [-0.05, 0) is 23.8 Å². The summed E-state index contributed by atoms with van der Waals surface area (Å²) in [7, 11) is 0. The maximum absolute atomic E-state index is 11.9. The smallest absolute Gasteiger partial charge is 0.310 e. The molecule has 0 aromatic heterocycles. The third kappa shape index (κ3) is 4.91. The highest BCUT2D eigenvalue weighted by Crippen LogP contribution is 2.18. The van der Waals surface area contributed by atoms with Gasteiger partial charge in [-0.25, -0.2) is 0 Å². The fraction of sp³-hybridized carbons (Fsp3) is 0.176. The second-order valence-corrected chi connectivity index (χ2v) is 5.10. The normalized spacial score (nSPS) is 10.0. The lowest BCUT2D eigenvalue weighted by molar-refractivity contribution is -0.385. The number of hydrogen-bond donors (Lipinski definition) is 1. The van der Waals surface area contributed by atoms with Crippen LogP contribution in [0.2, 0.25) is 0 Å². The van der Waals surface area contributed by atoms with Crippen molar-refractivity contribution < 1.29 is 19.2 Å². The van der Waals surface area contributed by atoms with Crippen LogP contribution in [-0.4, -0.2) is 16.8 Å². The molecule has 0 unspecified atom stereocenters. The van der Waals surface area contributed by atoms with E-state index in [4.69, 9.17) is 4.74 Å². The van der Waals surface area contributed by atoms with E-state index in [-0.39, 0.29) is 24.6 Å². The zero-order valence-corrected chi connectivity index (χ0v) is 13.0. The standard InChI is InChI=1S/C17H16N2O5/c1-12(20)18-15-8-6-13(7-9-15)10-17(21)24-11-14-4-2-3-5-16(14)19(22)23/h2-9H,10-11H2,1H3,(H,18,20). The van der Waals surface area contributed by atoms with Gasteiger partial charge < -0.3 is 10.1 Å². The number of esters is 1. The predicted octanol–water partition coefficient (Wildman–Crippen LogP) is 2.84. The fourth-order valence-corrected chi connectivity index (χ4v) is 2.10. The Kier molecular flexibility index (Phi) is 5.62. The Morgan fingerprint density at radius 3 is 2.42 bits per heavy atom. The highest BCUT2D eigenvalue weighted by molar-refractivity contribution is 5.88. The van der Waals surface area contributed by atoms with E-state index < -0.39 is 10.9 Å². The number of amides is 1. The highest BCUT2D eigenvalue weighted by atomic mass is 16.6. The number of para-hydroxylation sites is 1. The third-order valence-electron chi connectivity index (χ3n) is 3.20. The molecule has 1 N–H and O–H groups in total. The van der Waals surface area contributed by atoms with E-state index in [9.17, 15) is 19.7 Å². The lowest BCUT2D eigenvalue weighted by Crippen LogP contribution is -2.09. The van der Waals surface area contributed by atoms with E-state index >= 15 is 0 Å². The molecule has 7 nitrogen and oxygen atoms in total. The topological polar surface area (TPSA) is 98.5 Å². The van der Waals surface area contributed by atoms with Crippen molar-refractivity contribution in [3.63, 3.8) is 0 Å². The Bertz CT molecular complexity index is 756. The Labute approximate surface area is 138 Å². The van der Waals surface area contributed by atoms with Crippen molar-refractivity contribution >= 4 is 23.3 Å². The summed E-state index contributed by atoms with van der Waals surface area (Å²) >= 11 is 0. The summed E-state index contributed by atoms with van der Waals surface area (Å²) < 4.78 is 5.10. The molecule has 124 valence electrons. The van der Waals surface area contributed by atoms with Gasteiger partial charge in [-0.2, -0.15) is 0 Å². The van der Waals surface area contributed by atoms with E-state index in [2.05, 4.69) is 5.32 Å². The van der Waals surface area contributed by atoms with Gasteiger partial charge in [-0.1, -0.05) is 24.3 Å². The van der Waals surface area contributed by atoms with Crippen LogP contribution in [-0.2, 0) is 27.4 Å². The number of anilines is 1. The number of rotatable bonds is 6. The highest BCUT2D eigenvalue weighted by Gasteiger charge is 2.14. The van der Waals surface area contributed by atoms with Gasteiger partial charge in [-0.3, -0.25) is 19.7 Å². The quantitative estimate of drug-likeness (QED) is 0.499. The minimum atomic E-state index is -0.510. The molecule has 0 atom stereocenters. The minimum absolute atomic E-state index is 0.0426. The van der Waals surface area contributed by atoms with Crippen LogP contribution in [0.15, 0.2) is 48.5 Å². The van der Waals surface area contributed by atoms with Crippen LogP contribution in [0.25, 0.3) is 0 Å². The largest absolute Gasteiger partial charge is 0.460 e. The molecule has 2 aromatic rings. The maximum Gasteiger partial charge on any atom is 0.310 e. The average molecular weight is 328 g/mol. The first-order chi connectivity index (χ1) is 11.5. The molecule has 0 fully saturated rings. The van der Waals surface area contributed by atoms with Gasteiger partial charge in [-0.15, -0.1) is 0 Å². The van der Waals surface area contributed by atoms with Crippen LogP contribution in [0.1, 0.15) is 18.1 Å². The molecule has 24 heavy (non-hydrogen) atoms. The lowest BCUT2D eigenvalue weighted by atomic mass is 10.1. The van der Waals surface area contributed by atoms with Crippen molar-refractivity contribution in [2.75, 3.05) is 5.32 Å². The van der Waals surface area contributed by atoms with Crippen molar-refractivity contribution in [3.8, 4) is 0 Å². The number of nitro groups is 1. The molecule has 0 radical (unpaired) electrons. The maximum atomic E-state index is 11.9. The third-order valence-corrected chi connectivity index (χ3v) is 3.20. The Balaban J connectivity index is 1.92. The van der Waals surface area contributed by atoms with Gasteiger partial charge in [0.1, 0.15) is 6.61 Å². The number of nitrogens with zero attached hydrogens (tertiary/aromatic N) is 1. The summed E-state index contributed by atoms with van der Waals surface area (Å²) in [5.41, 5.74) is 1.62. The summed E-state index contributed by atoms with van der Waals surface area (Å²) in [4.78, 5) is 33.2. The summed E-state index contributed by atoms with van der Waals surface area (Å²) in [6.07, 6.45) is 0.0426. The number of benzene rings is 2. The fourth-order valence-electron chi connectivity index (χ4n) is 2.10. The molecular formula is C17H16N2O5. The van der Waals surface area contributed by atoms with Gasteiger partial charge in [0.05, 0.1) is 16.9 Å². The zero-order valence-electron chi connectivity index (χ0n) is 13.0. The van der Waals surface area contributed by atoms with E-state index in [1.165, 1.54) is 13.0 Å². The molecule has 0 aliphatic heterocycles. The number of nitrogens with one attached hydrogen (secondary N) is 1. The monoisotopic (exact) mass is 328 g/mol. The van der Waals surface area contributed by atoms with Gasteiger partial charge in [0.15, 0.2) is 0 Å². The molecule has 0 heterocycles. The summed E-state index contributed by atoms with van der Waals surface area (Å²) in [6, 6.07) is 12.9. The molecule has 2 aromatic carbocycles. The molecular weight excluding hydrogens is 312 g/mol. The Morgan fingerprint density at radius 2 is 1.79 bits per heavy atom. The molecule has 0 bridgehead atoms. The average Bonchev–Trinajstić information content (AvgIpc) is 2.54. The second kappa shape index (κ2) is 7.87. The van der Waals surface area contributed by atoms with Crippen molar-refractivity contribution in [3.05, 3.63) is 69.8 Å². The van der Waals surface area contributed by atoms with Crippen LogP contribution < -0.4 is 5.32 Å². The first-order valence-corrected chi connectivity index (χ1v) is 7.20. The van der Waals surface area contributed by atoms with Crippen LogP contribution in [0.3, 0.4) is 0 Å². The molecule has 2 rings (SSSR count). The molecule has 0 saturated carbocycles. The SMILES string of the molecule is CC(=O)Nc1ccc(CC(=O)OCc2ccccc2[N+](=O)[O-])cc1. The summed E-state index contributed by atoms with van der Waals surface area (Å²) in [6.45, 7) is 1.26. The predicted molar refractivity (Wildman–Crippen MR) is 87.3 cm³/mol. The Hall–Kier alpha value is -3.22. The first kappa shape index (κ1) is 17.1. The van der Waals surface area contributed by atoms with Crippen molar-refractivity contribution in [2.45, 2.75) is 20.0 Å². The number of ether oxygens (including phenoxy) is 1. The van der Waals surface area contributed by atoms with Gasteiger partial charge in [0.25, 0.3) is 5.69 Å². The minimum Gasteiger partial charge on any atom is -0.460 e. The molecule has 7 heteroatoms. The van der Waals surface area contributed by atoms with Crippen LogP contribution in [0, 0.1) is 10.1 Å². The molecule has 0 aliphatic rings. The molecule has 1 amide bonds. The van der Waals surface area contributed by atoms with Crippen molar-refractivity contribution in [2.24, 2.45) is 0 Å². The second-order valence-electron chi connectivity index (χ2n) is 5.10. The summed E-state index contributed by atoms with van der Waals surface area (Å²) in [5.74, 6) is -0.660. The van der Waals surface area contributed by atoms with E-state index in [1.54, 1.807) is 42.5 Å². The molecule has 0 aliphatic carbocycles. The van der Waals surface area contributed by atoms with E-state index in [0.717, 1.165) is 5.56 Å². The number of nitro benzene ring substituents is 1. The zero-order chi connectivity index (χ0) is 17.5. The molecule has 0 saturated heterocycles. The van der Waals surface area contributed by atoms with Crippen LogP contribution in [0.4, 0.5) is 11.4 Å². The van der Waals surface area contributed by atoms with Gasteiger partial charge >= 0.3 is 5.97 Å². The number of hydrogen-bond acceptors (Lipinski definition) is 5. The van der Waals surface area contributed by atoms with Gasteiger partial charge in [0, 0.05) is 18.7 Å². The number of carbonyl (C=O) groups is 2. The van der Waals surface area contributed by atoms with Gasteiger partial charge in [0.2, 0.25) is 5.91 Å². The van der Waals surface area contributed by atoms with Crippen LogP contribution >= 0.6 is 0 Å².